The minimum absolute atomic E-state index is 0. The van der Waals surface area contributed by atoms with Gasteiger partial charge in [0, 0.05) is 30.1 Å². The van der Waals surface area contributed by atoms with E-state index in [1.165, 1.54) is 32.4 Å². The van der Waals surface area contributed by atoms with Gasteiger partial charge in [0.1, 0.15) is 12.4 Å². The summed E-state index contributed by atoms with van der Waals surface area (Å²) in [5, 5.41) is 0. The Kier molecular flexibility index (Phi) is 8.32. The maximum atomic E-state index is 12.2. The number of halogens is 1. The standard InChI is InChI=1S/C21H24N2O2.ClH/c24-20(19-8-6-12-22-17-19)11-10-18-7-2-3-9-21(18)25-16-15-23-13-4-1-5-14-23;/h2-3,6-12,17H,1,4-5,13-16H2;1H/b11-10+;. The van der Waals surface area contributed by atoms with E-state index in [-0.39, 0.29) is 18.2 Å². The van der Waals surface area contributed by atoms with Gasteiger partial charge in [0.05, 0.1) is 0 Å². The van der Waals surface area contributed by atoms with Crippen LogP contribution < -0.4 is 4.74 Å². The van der Waals surface area contributed by atoms with Crippen molar-refractivity contribution >= 4 is 24.3 Å². The van der Waals surface area contributed by atoms with Gasteiger partial charge in [-0.2, -0.15) is 0 Å². The molecule has 0 saturated carbocycles. The number of likely N-dealkylation sites (tertiary alicyclic amines) is 1. The van der Waals surface area contributed by atoms with Crippen LogP contribution in [0, 0.1) is 0 Å². The fraction of sp³-hybridized carbons (Fsp3) is 0.333. The molecular weight excluding hydrogens is 348 g/mol. The molecule has 1 aromatic heterocycles. The van der Waals surface area contributed by atoms with Crippen molar-refractivity contribution in [3.8, 4) is 5.75 Å². The lowest BCUT2D eigenvalue weighted by atomic mass is 10.1. The van der Waals surface area contributed by atoms with Crippen molar-refractivity contribution in [1.82, 2.24) is 9.88 Å². The number of ether oxygens (including phenoxy) is 1. The van der Waals surface area contributed by atoms with Crippen LogP contribution in [0.4, 0.5) is 0 Å². The minimum Gasteiger partial charge on any atom is -0.492 e. The number of carbonyl (C=O) groups is 1. The molecule has 0 unspecified atom stereocenters. The average Bonchev–Trinajstić information content (AvgIpc) is 2.68. The van der Waals surface area contributed by atoms with Crippen LogP contribution in [0.15, 0.2) is 54.9 Å². The number of benzene rings is 1. The summed E-state index contributed by atoms with van der Waals surface area (Å²) in [4.78, 5) is 18.6. The summed E-state index contributed by atoms with van der Waals surface area (Å²) in [6.45, 7) is 3.96. The number of aromatic nitrogens is 1. The molecule has 4 nitrogen and oxygen atoms in total. The second-order valence-corrected chi connectivity index (χ2v) is 6.23. The van der Waals surface area contributed by atoms with Crippen LogP contribution >= 0.6 is 12.4 Å². The van der Waals surface area contributed by atoms with Crippen LogP contribution in [0.1, 0.15) is 35.2 Å². The highest BCUT2D eigenvalue weighted by atomic mass is 35.5. The van der Waals surface area contributed by atoms with Crippen LogP contribution in [0.5, 0.6) is 5.75 Å². The zero-order chi connectivity index (χ0) is 17.3. The number of piperidine rings is 1. The Bertz CT molecular complexity index is 713. The lowest BCUT2D eigenvalue weighted by molar-refractivity contribution is 0.104. The molecule has 0 bridgehead atoms. The Hall–Kier alpha value is -2.17. The van der Waals surface area contributed by atoms with E-state index < -0.39 is 0 Å². The lowest BCUT2D eigenvalue weighted by Gasteiger charge is -2.26. The SMILES string of the molecule is Cl.O=C(/C=C/c1ccccc1OCCN1CCCCC1)c1cccnc1. The van der Waals surface area contributed by atoms with E-state index in [1.54, 1.807) is 30.6 Å². The summed E-state index contributed by atoms with van der Waals surface area (Å²) in [5.41, 5.74) is 1.50. The van der Waals surface area contributed by atoms with Crippen molar-refractivity contribution in [3.05, 3.63) is 66.0 Å². The molecule has 2 heterocycles. The molecule has 1 aliphatic heterocycles. The highest BCUT2D eigenvalue weighted by Crippen LogP contribution is 2.20. The molecule has 1 saturated heterocycles. The molecule has 3 rings (SSSR count). The van der Waals surface area contributed by atoms with Crippen molar-refractivity contribution < 1.29 is 9.53 Å². The van der Waals surface area contributed by atoms with Crippen molar-refractivity contribution in [3.63, 3.8) is 0 Å². The molecule has 26 heavy (non-hydrogen) atoms. The first-order chi connectivity index (χ1) is 12.3. The molecule has 1 fully saturated rings. The maximum absolute atomic E-state index is 12.2. The second-order valence-electron chi connectivity index (χ2n) is 6.23. The molecule has 5 heteroatoms. The van der Waals surface area contributed by atoms with Gasteiger partial charge < -0.3 is 4.74 Å². The molecule has 1 aliphatic rings. The highest BCUT2D eigenvalue weighted by molar-refractivity contribution is 6.06. The predicted octanol–water partition coefficient (Wildman–Crippen LogP) is 4.26. The summed E-state index contributed by atoms with van der Waals surface area (Å²) in [5.74, 6) is 0.756. The summed E-state index contributed by atoms with van der Waals surface area (Å²) in [6.07, 6.45) is 10.5. The lowest BCUT2D eigenvalue weighted by Crippen LogP contribution is -2.33. The fourth-order valence-electron chi connectivity index (χ4n) is 2.99. The van der Waals surface area contributed by atoms with E-state index in [0.717, 1.165) is 17.9 Å². The number of ketones is 1. The number of para-hydroxylation sites is 1. The van der Waals surface area contributed by atoms with Gasteiger partial charge >= 0.3 is 0 Å². The molecule has 0 aliphatic carbocycles. The number of hydrogen-bond acceptors (Lipinski definition) is 4. The number of carbonyl (C=O) groups excluding carboxylic acids is 1. The average molecular weight is 373 g/mol. The van der Waals surface area contributed by atoms with E-state index in [2.05, 4.69) is 9.88 Å². The third kappa shape index (κ3) is 5.97. The van der Waals surface area contributed by atoms with Crippen LogP contribution in [0.2, 0.25) is 0 Å². The van der Waals surface area contributed by atoms with Gasteiger partial charge in [-0.15, -0.1) is 12.4 Å². The smallest absolute Gasteiger partial charge is 0.187 e. The summed E-state index contributed by atoms with van der Waals surface area (Å²) >= 11 is 0. The van der Waals surface area contributed by atoms with Gasteiger partial charge in [-0.05, 0) is 56.3 Å². The van der Waals surface area contributed by atoms with Gasteiger partial charge in [0.15, 0.2) is 5.78 Å². The Morgan fingerprint density at radius 1 is 1.12 bits per heavy atom. The van der Waals surface area contributed by atoms with Crippen LogP contribution in [-0.2, 0) is 0 Å². The zero-order valence-corrected chi connectivity index (χ0v) is 15.7. The maximum Gasteiger partial charge on any atom is 0.187 e. The van der Waals surface area contributed by atoms with Gasteiger partial charge in [0.25, 0.3) is 0 Å². The van der Waals surface area contributed by atoms with E-state index in [0.29, 0.717) is 12.2 Å². The van der Waals surface area contributed by atoms with Gasteiger partial charge in [-0.1, -0.05) is 24.6 Å². The molecule has 0 spiro atoms. The first kappa shape index (κ1) is 20.1. The summed E-state index contributed by atoms with van der Waals surface area (Å²) < 4.78 is 5.96. The molecule has 138 valence electrons. The van der Waals surface area contributed by atoms with Crippen LogP contribution in [-0.4, -0.2) is 41.9 Å². The highest BCUT2D eigenvalue weighted by Gasteiger charge is 2.10. The third-order valence-electron chi connectivity index (χ3n) is 4.39. The molecule has 0 N–H and O–H groups in total. The van der Waals surface area contributed by atoms with Crippen molar-refractivity contribution in [2.75, 3.05) is 26.2 Å². The summed E-state index contributed by atoms with van der Waals surface area (Å²) in [7, 11) is 0. The second kappa shape index (κ2) is 10.7. The Labute approximate surface area is 161 Å². The zero-order valence-electron chi connectivity index (χ0n) is 14.8. The Balaban J connectivity index is 0.00000243. The molecule has 0 amide bonds. The fourth-order valence-corrected chi connectivity index (χ4v) is 2.99. The van der Waals surface area contributed by atoms with E-state index in [1.807, 2.05) is 30.3 Å². The number of nitrogens with zero attached hydrogens (tertiary/aromatic N) is 2. The van der Waals surface area contributed by atoms with Gasteiger partial charge in [0.2, 0.25) is 0 Å². The van der Waals surface area contributed by atoms with Crippen molar-refractivity contribution in [2.24, 2.45) is 0 Å². The Morgan fingerprint density at radius 3 is 2.69 bits per heavy atom. The number of hydrogen-bond donors (Lipinski definition) is 0. The molecule has 0 radical (unpaired) electrons. The van der Waals surface area contributed by atoms with Gasteiger partial charge in [-0.25, -0.2) is 0 Å². The van der Waals surface area contributed by atoms with Crippen molar-refractivity contribution in [2.45, 2.75) is 19.3 Å². The van der Waals surface area contributed by atoms with Crippen molar-refractivity contribution in [1.29, 1.82) is 0 Å². The predicted molar refractivity (Wildman–Crippen MR) is 107 cm³/mol. The number of pyridine rings is 1. The molecule has 2 aromatic rings. The minimum atomic E-state index is -0.0591. The number of rotatable bonds is 7. The molecule has 1 aromatic carbocycles. The third-order valence-corrected chi connectivity index (χ3v) is 4.39. The first-order valence-corrected chi connectivity index (χ1v) is 8.89. The topological polar surface area (TPSA) is 42.4 Å². The largest absolute Gasteiger partial charge is 0.492 e. The van der Waals surface area contributed by atoms with E-state index in [9.17, 15) is 4.79 Å². The number of allylic oxidation sites excluding steroid dienone is 1. The molecule has 0 atom stereocenters. The normalized spacial score (nSPS) is 14.8. The quantitative estimate of drug-likeness (QED) is 0.538. The van der Waals surface area contributed by atoms with E-state index in [4.69, 9.17) is 4.74 Å². The Morgan fingerprint density at radius 2 is 1.92 bits per heavy atom. The van der Waals surface area contributed by atoms with Crippen LogP contribution in [0.25, 0.3) is 6.08 Å². The van der Waals surface area contributed by atoms with Crippen LogP contribution in [0.3, 0.4) is 0 Å². The van der Waals surface area contributed by atoms with E-state index >= 15 is 0 Å². The molecular formula is C21H25ClN2O2. The first-order valence-electron chi connectivity index (χ1n) is 8.89. The summed E-state index contributed by atoms with van der Waals surface area (Å²) in [6, 6.07) is 11.3. The van der Waals surface area contributed by atoms with Gasteiger partial charge in [-0.3, -0.25) is 14.7 Å². The monoisotopic (exact) mass is 372 g/mol.